The van der Waals surface area contributed by atoms with Gasteiger partial charge in [0.1, 0.15) is 0 Å². The van der Waals surface area contributed by atoms with Crippen LogP contribution in [0.25, 0.3) is 10.9 Å². The SMILES string of the molecule is CCNCc1cccc2ccn(Cc3ccncc3Cl)c12. The van der Waals surface area contributed by atoms with Gasteiger partial charge in [-0.05, 0) is 35.2 Å². The highest BCUT2D eigenvalue weighted by molar-refractivity contribution is 6.31. The van der Waals surface area contributed by atoms with Crippen LogP contribution in [-0.4, -0.2) is 16.1 Å². The summed E-state index contributed by atoms with van der Waals surface area (Å²) in [5, 5.41) is 5.37. The lowest BCUT2D eigenvalue weighted by molar-refractivity contribution is 0.724. The van der Waals surface area contributed by atoms with Crippen molar-refractivity contribution < 1.29 is 0 Å². The van der Waals surface area contributed by atoms with Crippen molar-refractivity contribution in [3.8, 4) is 0 Å². The van der Waals surface area contributed by atoms with E-state index in [4.69, 9.17) is 11.6 Å². The second-order valence-corrected chi connectivity index (χ2v) is 5.45. The molecule has 0 radical (unpaired) electrons. The van der Waals surface area contributed by atoms with Crippen molar-refractivity contribution in [2.45, 2.75) is 20.0 Å². The largest absolute Gasteiger partial charge is 0.343 e. The second-order valence-electron chi connectivity index (χ2n) is 5.05. The van der Waals surface area contributed by atoms with Gasteiger partial charge in [-0.25, -0.2) is 0 Å². The van der Waals surface area contributed by atoms with E-state index in [1.54, 1.807) is 12.4 Å². The number of halogens is 1. The van der Waals surface area contributed by atoms with Gasteiger partial charge >= 0.3 is 0 Å². The summed E-state index contributed by atoms with van der Waals surface area (Å²) in [6, 6.07) is 10.6. The predicted molar refractivity (Wildman–Crippen MR) is 87.7 cm³/mol. The number of hydrogen-bond acceptors (Lipinski definition) is 2. The first-order chi connectivity index (χ1) is 10.3. The summed E-state index contributed by atoms with van der Waals surface area (Å²) in [6.45, 7) is 4.72. The molecule has 4 heteroatoms. The van der Waals surface area contributed by atoms with Crippen molar-refractivity contribution >= 4 is 22.5 Å². The molecular weight excluding hydrogens is 282 g/mol. The van der Waals surface area contributed by atoms with Crippen LogP contribution in [0.15, 0.2) is 48.9 Å². The van der Waals surface area contributed by atoms with Crippen molar-refractivity contribution in [3.05, 3.63) is 65.1 Å². The van der Waals surface area contributed by atoms with Crippen molar-refractivity contribution in [2.75, 3.05) is 6.54 Å². The molecule has 3 aromatic rings. The standard InChI is InChI=1S/C17H18ClN3/c1-2-19-10-14-5-3-4-13-7-9-21(17(13)14)12-15-6-8-20-11-16(15)18/h3-9,11,19H,2,10,12H2,1H3. The first kappa shape index (κ1) is 14.1. The maximum Gasteiger partial charge on any atom is 0.0639 e. The average molecular weight is 300 g/mol. The number of nitrogens with one attached hydrogen (secondary N) is 1. The molecule has 2 aromatic heterocycles. The van der Waals surface area contributed by atoms with Gasteiger partial charge < -0.3 is 9.88 Å². The molecule has 3 nitrogen and oxygen atoms in total. The van der Waals surface area contributed by atoms with Crippen molar-refractivity contribution in [1.82, 2.24) is 14.9 Å². The van der Waals surface area contributed by atoms with Gasteiger partial charge in [-0.2, -0.15) is 0 Å². The van der Waals surface area contributed by atoms with Crippen LogP contribution in [0, 0.1) is 0 Å². The quantitative estimate of drug-likeness (QED) is 0.775. The lowest BCUT2D eigenvalue weighted by atomic mass is 10.1. The van der Waals surface area contributed by atoms with E-state index in [0.717, 1.165) is 25.2 Å². The highest BCUT2D eigenvalue weighted by Crippen LogP contribution is 2.23. The molecule has 3 rings (SSSR count). The van der Waals surface area contributed by atoms with E-state index in [9.17, 15) is 0 Å². The number of para-hydroxylation sites is 1. The maximum absolute atomic E-state index is 6.23. The zero-order valence-corrected chi connectivity index (χ0v) is 12.8. The molecule has 0 bridgehead atoms. The number of hydrogen-bond donors (Lipinski definition) is 1. The number of pyridine rings is 1. The van der Waals surface area contributed by atoms with Crippen LogP contribution in [0.4, 0.5) is 0 Å². The lowest BCUT2D eigenvalue weighted by Gasteiger charge is -2.11. The highest BCUT2D eigenvalue weighted by Gasteiger charge is 2.08. The van der Waals surface area contributed by atoms with Gasteiger partial charge in [-0.1, -0.05) is 36.7 Å². The normalized spacial score (nSPS) is 11.1. The molecule has 21 heavy (non-hydrogen) atoms. The molecule has 2 heterocycles. The van der Waals surface area contributed by atoms with E-state index >= 15 is 0 Å². The summed E-state index contributed by atoms with van der Waals surface area (Å²) in [4.78, 5) is 4.04. The third kappa shape index (κ3) is 2.94. The zero-order chi connectivity index (χ0) is 14.7. The number of aromatic nitrogens is 2. The minimum atomic E-state index is 0.712. The van der Waals surface area contributed by atoms with Crippen molar-refractivity contribution in [3.63, 3.8) is 0 Å². The summed E-state index contributed by atoms with van der Waals surface area (Å²) in [5.41, 5.74) is 3.67. The van der Waals surface area contributed by atoms with Crippen molar-refractivity contribution in [2.24, 2.45) is 0 Å². The van der Waals surface area contributed by atoms with Gasteiger partial charge in [0.05, 0.1) is 10.5 Å². The Morgan fingerprint density at radius 1 is 1.19 bits per heavy atom. The first-order valence-electron chi connectivity index (χ1n) is 7.15. The molecule has 108 valence electrons. The van der Waals surface area contributed by atoms with E-state index in [0.29, 0.717) is 5.02 Å². The Kier molecular flexibility index (Phi) is 4.23. The summed E-state index contributed by atoms with van der Waals surface area (Å²) < 4.78 is 2.25. The number of fused-ring (bicyclic) bond motifs is 1. The van der Waals surface area contributed by atoms with E-state index in [1.807, 2.05) is 6.07 Å². The van der Waals surface area contributed by atoms with Gasteiger partial charge in [0, 0.05) is 31.7 Å². The molecule has 0 aliphatic carbocycles. The Balaban J connectivity index is 2.01. The monoisotopic (exact) mass is 299 g/mol. The molecule has 0 saturated carbocycles. The van der Waals surface area contributed by atoms with Gasteiger partial charge in [-0.15, -0.1) is 0 Å². The second kappa shape index (κ2) is 6.29. The maximum atomic E-state index is 6.23. The number of rotatable bonds is 5. The van der Waals surface area contributed by atoms with E-state index in [2.05, 4.69) is 52.3 Å². The molecule has 1 N–H and O–H groups in total. The molecule has 0 unspecified atom stereocenters. The molecule has 0 spiro atoms. The first-order valence-corrected chi connectivity index (χ1v) is 7.53. The zero-order valence-electron chi connectivity index (χ0n) is 12.0. The van der Waals surface area contributed by atoms with Gasteiger partial charge in [0.15, 0.2) is 0 Å². The minimum absolute atomic E-state index is 0.712. The average Bonchev–Trinajstić information content (AvgIpc) is 2.91. The van der Waals surface area contributed by atoms with E-state index < -0.39 is 0 Å². The Morgan fingerprint density at radius 2 is 2.10 bits per heavy atom. The van der Waals surface area contributed by atoms with Crippen LogP contribution in [-0.2, 0) is 13.1 Å². The van der Waals surface area contributed by atoms with Gasteiger partial charge in [0.25, 0.3) is 0 Å². The molecular formula is C17H18ClN3. The Hall–Kier alpha value is -1.84. The molecule has 0 aliphatic rings. The lowest BCUT2D eigenvalue weighted by Crippen LogP contribution is -2.13. The molecule has 0 amide bonds. The molecule has 0 aliphatic heterocycles. The smallest absolute Gasteiger partial charge is 0.0639 e. The fourth-order valence-electron chi connectivity index (χ4n) is 2.59. The summed E-state index contributed by atoms with van der Waals surface area (Å²) in [7, 11) is 0. The number of nitrogens with zero attached hydrogens (tertiary/aromatic N) is 2. The topological polar surface area (TPSA) is 29.9 Å². The highest BCUT2D eigenvalue weighted by atomic mass is 35.5. The fraction of sp³-hybridized carbons (Fsp3) is 0.235. The molecule has 0 atom stereocenters. The predicted octanol–water partition coefficient (Wildman–Crippen LogP) is 3.85. The molecule has 0 saturated heterocycles. The van der Waals surface area contributed by atoms with Crippen LogP contribution in [0.3, 0.4) is 0 Å². The summed E-state index contributed by atoms with van der Waals surface area (Å²) in [6.07, 6.45) is 5.60. The third-order valence-corrected chi connectivity index (χ3v) is 3.97. The van der Waals surface area contributed by atoms with Gasteiger partial charge in [-0.3, -0.25) is 4.98 Å². The van der Waals surface area contributed by atoms with Crippen LogP contribution in [0.1, 0.15) is 18.1 Å². The van der Waals surface area contributed by atoms with E-state index in [1.165, 1.54) is 16.5 Å². The summed E-state index contributed by atoms with van der Waals surface area (Å²) in [5.74, 6) is 0. The van der Waals surface area contributed by atoms with Crippen LogP contribution < -0.4 is 5.32 Å². The molecule has 0 fully saturated rings. The van der Waals surface area contributed by atoms with Gasteiger partial charge in [0.2, 0.25) is 0 Å². The fourth-order valence-corrected chi connectivity index (χ4v) is 2.77. The Bertz CT molecular complexity index is 749. The Labute approximate surface area is 129 Å². The van der Waals surface area contributed by atoms with Crippen LogP contribution in [0.5, 0.6) is 0 Å². The van der Waals surface area contributed by atoms with Crippen molar-refractivity contribution in [1.29, 1.82) is 0 Å². The summed E-state index contributed by atoms with van der Waals surface area (Å²) >= 11 is 6.23. The Morgan fingerprint density at radius 3 is 2.90 bits per heavy atom. The molecule has 1 aromatic carbocycles. The number of benzene rings is 1. The third-order valence-electron chi connectivity index (χ3n) is 3.63. The van der Waals surface area contributed by atoms with Crippen LogP contribution in [0.2, 0.25) is 5.02 Å². The van der Waals surface area contributed by atoms with Crippen LogP contribution >= 0.6 is 11.6 Å². The minimum Gasteiger partial charge on any atom is -0.343 e. The van der Waals surface area contributed by atoms with E-state index in [-0.39, 0.29) is 0 Å².